The zero-order chi connectivity index (χ0) is 26.5. The lowest BCUT2D eigenvalue weighted by molar-refractivity contribution is 0.347. The van der Waals surface area contributed by atoms with Crippen molar-refractivity contribution in [2.24, 2.45) is 4.99 Å². The summed E-state index contributed by atoms with van der Waals surface area (Å²) in [5, 5.41) is 3.71. The second-order valence-corrected chi connectivity index (χ2v) is 11.5. The smallest absolute Gasteiger partial charge is 0.310 e. The van der Waals surface area contributed by atoms with Crippen molar-refractivity contribution in [1.82, 2.24) is 14.6 Å². The van der Waals surface area contributed by atoms with Crippen LogP contribution in [0.15, 0.2) is 70.4 Å². The highest BCUT2D eigenvalue weighted by Crippen LogP contribution is 3.02. The number of rotatable bonds is 5. The molecule has 0 amide bonds. The maximum Gasteiger partial charge on any atom is 0.310 e. The first-order valence-electron chi connectivity index (χ1n) is 11.7. The molecule has 2 aliphatic heterocycles. The Labute approximate surface area is 211 Å². The summed E-state index contributed by atoms with van der Waals surface area (Å²) in [5.74, 6) is 1.40. The monoisotopic (exact) mass is 539 g/mol. The molecule has 3 heterocycles. The molecule has 1 saturated heterocycles. The van der Waals surface area contributed by atoms with Crippen molar-refractivity contribution in [3.63, 3.8) is 0 Å². The van der Waals surface area contributed by atoms with Gasteiger partial charge in [-0.2, -0.15) is 0 Å². The van der Waals surface area contributed by atoms with E-state index in [0.29, 0.717) is 43.2 Å². The normalized spacial score (nSPS) is 19.2. The Morgan fingerprint density at radius 3 is 2.38 bits per heavy atom. The minimum absolute atomic E-state index is 0.404. The molecule has 198 valence electrons. The number of benzene rings is 2. The molecule has 0 radical (unpaired) electrons. The topological polar surface area (TPSA) is 45.9 Å². The highest BCUT2D eigenvalue weighted by Gasteiger charge is 2.65. The summed E-state index contributed by atoms with van der Waals surface area (Å²) in [6.45, 7) is 3.38. The summed E-state index contributed by atoms with van der Waals surface area (Å²) in [6.07, 6.45) is 7.23. The lowest BCUT2D eigenvalue weighted by Gasteiger charge is -2.45. The van der Waals surface area contributed by atoms with Crippen molar-refractivity contribution >= 4 is 27.8 Å². The number of methoxy groups -OCH3 is 1. The van der Waals surface area contributed by atoms with E-state index in [1.165, 1.54) is 0 Å². The van der Waals surface area contributed by atoms with Crippen molar-refractivity contribution in [1.29, 1.82) is 0 Å². The van der Waals surface area contributed by atoms with Gasteiger partial charge < -0.3 is 9.30 Å². The van der Waals surface area contributed by atoms with Gasteiger partial charge in [0.25, 0.3) is 0 Å². The number of hydrogen-bond acceptors (Lipinski definition) is 5. The number of ether oxygens (including phenoxy) is 1. The van der Waals surface area contributed by atoms with E-state index in [-0.39, 0.29) is 0 Å². The van der Waals surface area contributed by atoms with Gasteiger partial charge in [0.1, 0.15) is 16.5 Å². The van der Waals surface area contributed by atoms with Gasteiger partial charge in [0, 0.05) is 12.7 Å². The van der Waals surface area contributed by atoms with Crippen LogP contribution in [0.25, 0.3) is 11.8 Å². The molecule has 6 nitrogen and oxygen atoms in total. The summed E-state index contributed by atoms with van der Waals surface area (Å²) in [4.78, 5) is 7.06. The fourth-order valence-corrected chi connectivity index (χ4v) is 5.27. The van der Waals surface area contributed by atoms with Crippen molar-refractivity contribution in [2.75, 3.05) is 31.8 Å². The molecular weight excluding hydrogens is 513 g/mol. The van der Waals surface area contributed by atoms with E-state index in [9.17, 15) is 19.4 Å². The van der Waals surface area contributed by atoms with Crippen LogP contribution in [0.4, 0.5) is 25.1 Å². The molecule has 37 heavy (non-hydrogen) atoms. The molecule has 1 fully saturated rings. The van der Waals surface area contributed by atoms with Gasteiger partial charge in [-0.1, -0.05) is 25.5 Å². The number of fused-ring (bicyclic) bond motifs is 1. The van der Waals surface area contributed by atoms with Crippen LogP contribution in [-0.4, -0.2) is 47.1 Å². The fraction of sp³-hybridized carbons (Fsp3) is 0.280. The number of nitrogens with zero attached hydrogens (tertiary/aromatic N) is 5. The number of imidazole rings is 1. The average Bonchev–Trinajstić information content (AvgIpc) is 3.28. The zero-order valence-electron chi connectivity index (χ0n) is 20.3. The quantitative estimate of drug-likeness (QED) is 0.323. The number of piperidine rings is 1. The van der Waals surface area contributed by atoms with Gasteiger partial charge in [-0.05, 0) is 73.4 Å². The summed E-state index contributed by atoms with van der Waals surface area (Å²) in [6, 6.07) is 8.94. The number of hydrogen-bond donors (Lipinski definition) is 0. The minimum atomic E-state index is -9.72. The number of halogens is 5. The Morgan fingerprint density at radius 1 is 0.973 bits per heavy atom. The Bertz CT molecular complexity index is 1400. The van der Waals surface area contributed by atoms with Crippen LogP contribution in [0.2, 0.25) is 0 Å². The van der Waals surface area contributed by atoms with Crippen molar-refractivity contribution in [3.05, 3.63) is 71.8 Å². The Morgan fingerprint density at radius 2 is 1.73 bits per heavy atom. The molecule has 0 spiro atoms. The first-order valence-corrected chi connectivity index (χ1v) is 13.6. The number of aryl methyl sites for hydroxylation is 1. The molecule has 3 aromatic rings. The van der Waals surface area contributed by atoms with Crippen molar-refractivity contribution < 1.29 is 24.2 Å². The number of aliphatic imine (C=N–C) groups is 1. The van der Waals surface area contributed by atoms with E-state index in [2.05, 4.69) is 9.98 Å². The van der Waals surface area contributed by atoms with Gasteiger partial charge in [-0.15, -0.1) is 0 Å². The largest absolute Gasteiger partial charge is 0.495 e. The highest BCUT2D eigenvalue weighted by molar-refractivity contribution is 8.45. The predicted molar refractivity (Wildman–Crippen MR) is 136 cm³/mol. The summed E-state index contributed by atoms with van der Waals surface area (Å²) >= 11 is 0. The van der Waals surface area contributed by atoms with Crippen LogP contribution in [0.1, 0.15) is 24.1 Å². The van der Waals surface area contributed by atoms with E-state index in [1.807, 2.05) is 47.0 Å². The number of aromatic nitrogens is 2. The first kappa shape index (κ1) is 25.1. The fourth-order valence-electron chi connectivity index (χ4n) is 4.62. The molecule has 0 unspecified atom stereocenters. The van der Waals surface area contributed by atoms with Crippen LogP contribution in [0.5, 0.6) is 5.75 Å². The van der Waals surface area contributed by atoms with Crippen molar-refractivity contribution in [3.8, 4) is 11.4 Å². The van der Waals surface area contributed by atoms with Gasteiger partial charge in [-0.3, -0.25) is 15.0 Å². The maximum absolute atomic E-state index is 13.2. The Hall–Kier alpha value is -3.54. The third-order valence-electron chi connectivity index (χ3n) is 6.33. The highest BCUT2D eigenvalue weighted by atomic mass is 32.5. The van der Waals surface area contributed by atoms with Gasteiger partial charge in [0.05, 0.1) is 43.6 Å². The van der Waals surface area contributed by atoms with E-state index in [0.717, 1.165) is 53.3 Å². The summed E-state index contributed by atoms with van der Waals surface area (Å²) in [7, 11) is -8.12. The van der Waals surface area contributed by atoms with Gasteiger partial charge in [0.15, 0.2) is 0 Å². The number of hydrazine groups is 1. The molecule has 0 atom stereocenters. The van der Waals surface area contributed by atoms with Crippen LogP contribution in [0, 0.1) is 6.92 Å². The van der Waals surface area contributed by atoms with Gasteiger partial charge >= 0.3 is 10.2 Å². The maximum atomic E-state index is 13.2. The Kier molecular flexibility index (Phi) is 5.59. The lowest BCUT2D eigenvalue weighted by atomic mass is 10.00. The third-order valence-corrected chi connectivity index (χ3v) is 7.49. The molecule has 0 saturated carbocycles. The van der Waals surface area contributed by atoms with Crippen LogP contribution >= 0.6 is 10.2 Å². The van der Waals surface area contributed by atoms with E-state index in [1.54, 1.807) is 18.4 Å². The zero-order valence-corrected chi connectivity index (χ0v) is 21.1. The van der Waals surface area contributed by atoms with E-state index in [4.69, 9.17) is 4.74 Å². The predicted octanol–water partition coefficient (Wildman–Crippen LogP) is 7.16. The second-order valence-electron chi connectivity index (χ2n) is 9.04. The van der Waals surface area contributed by atoms with Crippen molar-refractivity contribution in [2.45, 2.75) is 24.7 Å². The van der Waals surface area contributed by atoms with Crippen LogP contribution in [-0.2, 0) is 0 Å². The number of amidine groups is 1. The summed E-state index contributed by atoms with van der Waals surface area (Å²) in [5.41, 5.74) is 4.04. The molecule has 0 N–H and O–H groups in total. The molecule has 12 heteroatoms. The molecular formula is C25H26F5N5OS. The summed E-state index contributed by atoms with van der Waals surface area (Å²) < 4.78 is 73.3. The first-order chi connectivity index (χ1) is 17.3. The molecule has 1 aromatic heterocycles. The van der Waals surface area contributed by atoms with Crippen LogP contribution < -0.4 is 9.75 Å². The van der Waals surface area contributed by atoms with Gasteiger partial charge in [-0.25, -0.2) is 4.98 Å². The molecule has 0 aliphatic carbocycles. The third kappa shape index (κ3) is 5.15. The van der Waals surface area contributed by atoms with E-state index >= 15 is 0 Å². The standard InChI is InChI=1S/C25H26F5N5OS/c1-18-16-33(17-32-18)23-10-5-19(15-24(23)36-2)14-20-4-3-12-35-25(20)31-11-13-34(35)21-6-8-22(9-7-21)37(26,27,28,29)30/h5-10,14-17H,3-4,11-13H2,1-2H3. The second kappa shape index (κ2) is 8.23. The van der Waals surface area contributed by atoms with E-state index < -0.39 is 15.1 Å². The lowest BCUT2D eigenvalue weighted by Crippen LogP contribution is -2.53. The van der Waals surface area contributed by atoms with Gasteiger partial charge in [0.2, 0.25) is 0 Å². The molecule has 5 rings (SSSR count). The Balaban J connectivity index is 1.42. The van der Waals surface area contributed by atoms with Crippen LogP contribution in [0.3, 0.4) is 0 Å². The minimum Gasteiger partial charge on any atom is -0.495 e. The number of anilines is 1. The molecule has 0 bridgehead atoms. The molecule has 2 aromatic carbocycles. The average molecular weight is 540 g/mol. The molecule has 2 aliphatic rings. The SMILES string of the molecule is COc1cc(C=C2CCCN3C2=NCCN3c2ccc(S(F)(F)(F)(F)F)cc2)ccc1-n1cnc(C)c1.